The summed E-state index contributed by atoms with van der Waals surface area (Å²) in [5.41, 5.74) is 5.94. The fourth-order valence-corrected chi connectivity index (χ4v) is 1.12. The van der Waals surface area contributed by atoms with Crippen molar-refractivity contribution in [2.75, 3.05) is 5.73 Å². The highest BCUT2D eigenvalue weighted by atomic mass is 16.2. The zero-order chi connectivity index (χ0) is 9.97. The first-order chi connectivity index (χ1) is 6.79. The summed E-state index contributed by atoms with van der Waals surface area (Å²) in [5.74, 6) is -0.000648. The Morgan fingerprint density at radius 3 is 2.93 bits per heavy atom. The predicted octanol–water partition coefficient (Wildman–Crippen LogP) is 0.549. The molecule has 2 aromatic rings. The molecule has 2 aromatic heterocycles. The third-order valence-electron chi connectivity index (χ3n) is 1.81. The van der Waals surface area contributed by atoms with E-state index in [9.17, 15) is 4.79 Å². The smallest absolute Gasteiger partial charge is 0.266 e. The zero-order valence-electron chi connectivity index (χ0n) is 7.29. The Hall–Kier alpha value is -2.17. The monoisotopic (exact) mass is 188 g/mol. The molecule has 70 valence electrons. The lowest BCUT2D eigenvalue weighted by Crippen LogP contribution is -2.12. The minimum atomic E-state index is -0.229. The van der Waals surface area contributed by atoms with Crippen molar-refractivity contribution in [1.29, 1.82) is 0 Å². The van der Waals surface area contributed by atoms with Gasteiger partial charge in [-0.25, -0.2) is 9.97 Å². The van der Waals surface area contributed by atoms with Gasteiger partial charge in [0.05, 0.1) is 5.56 Å². The number of aromatic nitrogens is 3. The van der Waals surface area contributed by atoms with E-state index in [1.165, 1.54) is 17.1 Å². The molecule has 0 aromatic carbocycles. The molecule has 0 atom stereocenters. The van der Waals surface area contributed by atoms with Crippen LogP contribution in [0.2, 0.25) is 0 Å². The standard InChI is InChI=1S/C9H8N4O/c10-8-7(2-1-3-12-8)9(14)13-5-4-11-6-13/h1-6H,(H2,10,12). The van der Waals surface area contributed by atoms with E-state index in [1.807, 2.05) is 0 Å². The molecule has 5 heteroatoms. The molecule has 14 heavy (non-hydrogen) atoms. The number of carbonyl (C=O) groups excluding carboxylic acids is 1. The molecule has 0 saturated heterocycles. The van der Waals surface area contributed by atoms with Crippen molar-refractivity contribution in [3.63, 3.8) is 0 Å². The van der Waals surface area contributed by atoms with Gasteiger partial charge in [-0.15, -0.1) is 0 Å². The molecular formula is C9H8N4O. The summed E-state index contributed by atoms with van der Waals surface area (Å²) in [6.45, 7) is 0. The largest absolute Gasteiger partial charge is 0.383 e. The summed E-state index contributed by atoms with van der Waals surface area (Å²) in [5, 5.41) is 0. The number of rotatable bonds is 1. The van der Waals surface area contributed by atoms with Gasteiger partial charge < -0.3 is 5.73 Å². The SMILES string of the molecule is Nc1ncccc1C(=O)n1ccnc1. The number of carbonyl (C=O) groups is 1. The Bertz CT molecular complexity index is 450. The highest BCUT2D eigenvalue weighted by molar-refractivity contribution is 5.99. The van der Waals surface area contributed by atoms with Crippen molar-refractivity contribution < 1.29 is 4.79 Å². The number of imidazole rings is 1. The Kier molecular flexibility index (Phi) is 1.98. The van der Waals surface area contributed by atoms with Gasteiger partial charge in [-0.05, 0) is 12.1 Å². The molecule has 0 aliphatic rings. The van der Waals surface area contributed by atoms with Crippen LogP contribution >= 0.6 is 0 Å². The van der Waals surface area contributed by atoms with Crippen molar-refractivity contribution >= 4 is 11.7 Å². The second-order valence-electron chi connectivity index (χ2n) is 2.71. The van der Waals surface area contributed by atoms with Crippen LogP contribution in [0.3, 0.4) is 0 Å². The summed E-state index contributed by atoms with van der Waals surface area (Å²) >= 11 is 0. The predicted molar refractivity (Wildman–Crippen MR) is 50.6 cm³/mol. The Balaban J connectivity index is 2.42. The quantitative estimate of drug-likeness (QED) is 0.709. The fourth-order valence-electron chi connectivity index (χ4n) is 1.12. The van der Waals surface area contributed by atoms with E-state index in [4.69, 9.17) is 5.73 Å². The highest BCUT2D eigenvalue weighted by Gasteiger charge is 2.10. The van der Waals surface area contributed by atoms with Gasteiger partial charge in [0.2, 0.25) is 0 Å². The number of hydrogen-bond donors (Lipinski definition) is 1. The van der Waals surface area contributed by atoms with Crippen molar-refractivity contribution in [3.05, 3.63) is 42.6 Å². The maximum atomic E-state index is 11.7. The first-order valence-electron chi connectivity index (χ1n) is 4.02. The zero-order valence-corrected chi connectivity index (χ0v) is 7.29. The molecule has 0 saturated carbocycles. The van der Waals surface area contributed by atoms with Gasteiger partial charge >= 0.3 is 0 Å². The third-order valence-corrected chi connectivity index (χ3v) is 1.81. The molecule has 2 heterocycles. The van der Waals surface area contributed by atoms with E-state index < -0.39 is 0 Å². The molecule has 0 aliphatic carbocycles. The number of nitrogens with zero attached hydrogens (tertiary/aromatic N) is 3. The van der Waals surface area contributed by atoms with Crippen LogP contribution in [0.25, 0.3) is 0 Å². The van der Waals surface area contributed by atoms with Gasteiger partial charge in [-0.3, -0.25) is 9.36 Å². The molecule has 2 N–H and O–H groups in total. The molecular weight excluding hydrogens is 180 g/mol. The van der Waals surface area contributed by atoms with E-state index >= 15 is 0 Å². The second-order valence-corrected chi connectivity index (χ2v) is 2.71. The molecule has 0 spiro atoms. The van der Waals surface area contributed by atoms with Crippen LogP contribution in [0.15, 0.2) is 37.1 Å². The van der Waals surface area contributed by atoms with Crippen LogP contribution in [-0.4, -0.2) is 20.4 Å². The number of nitrogens with two attached hydrogens (primary N) is 1. The number of nitrogen functional groups attached to an aromatic ring is 1. The average Bonchev–Trinajstić information content (AvgIpc) is 2.70. The van der Waals surface area contributed by atoms with Gasteiger partial charge in [-0.1, -0.05) is 0 Å². The first kappa shape index (κ1) is 8.43. The summed E-state index contributed by atoms with van der Waals surface area (Å²) in [4.78, 5) is 19.3. The lowest BCUT2D eigenvalue weighted by molar-refractivity contribution is 0.0960. The van der Waals surface area contributed by atoms with Gasteiger partial charge in [0.15, 0.2) is 0 Å². The average molecular weight is 188 g/mol. The first-order valence-corrected chi connectivity index (χ1v) is 4.02. The molecule has 0 bridgehead atoms. The van der Waals surface area contributed by atoms with E-state index in [0.29, 0.717) is 5.56 Å². The van der Waals surface area contributed by atoms with Crippen molar-refractivity contribution in [2.45, 2.75) is 0 Å². The van der Waals surface area contributed by atoms with E-state index in [0.717, 1.165) is 0 Å². The van der Waals surface area contributed by atoms with E-state index in [2.05, 4.69) is 9.97 Å². The van der Waals surface area contributed by atoms with Gasteiger partial charge in [-0.2, -0.15) is 0 Å². The molecule has 0 unspecified atom stereocenters. The van der Waals surface area contributed by atoms with Gasteiger partial charge in [0, 0.05) is 18.6 Å². The van der Waals surface area contributed by atoms with Crippen LogP contribution in [0.4, 0.5) is 5.82 Å². The molecule has 0 amide bonds. The van der Waals surface area contributed by atoms with Crippen LogP contribution in [0.5, 0.6) is 0 Å². The summed E-state index contributed by atoms with van der Waals surface area (Å²) < 4.78 is 1.35. The van der Waals surface area contributed by atoms with E-state index in [-0.39, 0.29) is 11.7 Å². The van der Waals surface area contributed by atoms with Crippen molar-refractivity contribution in [1.82, 2.24) is 14.5 Å². The second kappa shape index (κ2) is 3.29. The van der Waals surface area contributed by atoms with Crippen LogP contribution < -0.4 is 5.73 Å². The van der Waals surface area contributed by atoms with Crippen molar-refractivity contribution in [2.24, 2.45) is 0 Å². The summed E-state index contributed by atoms with van der Waals surface area (Å²) in [6.07, 6.45) is 6.06. The topological polar surface area (TPSA) is 73.8 Å². The number of anilines is 1. The maximum Gasteiger partial charge on any atom is 0.266 e. The summed E-state index contributed by atoms with van der Waals surface area (Å²) in [7, 11) is 0. The normalized spacial score (nSPS) is 10.0. The molecule has 0 fully saturated rings. The van der Waals surface area contributed by atoms with Crippen LogP contribution in [-0.2, 0) is 0 Å². The number of pyridine rings is 1. The van der Waals surface area contributed by atoms with Gasteiger partial charge in [0.1, 0.15) is 12.1 Å². The molecule has 2 rings (SSSR count). The molecule has 0 radical (unpaired) electrons. The Labute approximate surface area is 80.2 Å². The van der Waals surface area contributed by atoms with Crippen molar-refractivity contribution in [3.8, 4) is 0 Å². The van der Waals surface area contributed by atoms with Crippen LogP contribution in [0.1, 0.15) is 10.4 Å². The maximum absolute atomic E-state index is 11.7. The number of hydrogen-bond acceptors (Lipinski definition) is 4. The minimum absolute atomic E-state index is 0.228. The van der Waals surface area contributed by atoms with E-state index in [1.54, 1.807) is 24.5 Å². The third kappa shape index (κ3) is 1.35. The van der Waals surface area contributed by atoms with Gasteiger partial charge in [0.25, 0.3) is 5.91 Å². The Morgan fingerprint density at radius 1 is 1.43 bits per heavy atom. The van der Waals surface area contributed by atoms with Crippen LogP contribution in [0, 0.1) is 0 Å². The highest BCUT2D eigenvalue weighted by Crippen LogP contribution is 2.08. The minimum Gasteiger partial charge on any atom is -0.383 e. The Morgan fingerprint density at radius 2 is 2.29 bits per heavy atom. The molecule has 0 aliphatic heterocycles. The molecule has 5 nitrogen and oxygen atoms in total. The lowest BCUT2D eigenvalue weighted by atomic mass is 10.2. The fraction of sp³-hybridized carbons (Fsp3) is 0. The summed E-state index contributed by atoms with van der Waals surface area (Å²) in [6, 6.07) is 3.30. The lowest BCUT2D eigenvalue weighted by Gasteiger charge is -2.02.